The van der Waals surface area contributed by atoms with E-state index >= 15 is 0 Å². The molecule has 0 spiro atoms. The molecule has 0 saturated heterocycles. The van der Waals surface area contributed by atoms with Crippen molar-refractivity contribution < 1.29 is 9.84 Å². The van der Waals surface area contributed by atoms with Crippen molar-refractivity contribution in [3.63, 3.8) is 0 Å². The Hall–Kier alpha value is -1.58. The van der Waals surface area contributed by atoms with Gasteiger partial charge in [-0.15, -0.1) is 0 Å². The van der Waals surface area contributed by atoms with Gasteiger partial charge in [0, 0.05) is 22.2 Å². The summed E-state index contributed by atoms with van der Waals surface area (Å²) < 4.78 is 5.52. The summed E-state index contributed by atoms with van der Waals surface area (Å²) >= 11 is 11.9. The Kier molecular flexibility index (Phi) is 4.99. The van der Waals surface area contributed by atoms with Crippen LogP contribution in [0.25, 0.3) is 0 Å². The standard InChI is InChI=1S/C15H15Cl2NO2/c1-2-20-15-6-4-12(17)8-13(15)18-9-10-7-11(16)3-5-14(10)19/h3-8,18-19H,2,9H2,1H3. The van der Waals surface area contributed by atoms with Crippen molar-refractivity contribution in [1.82, 2.24) is 0 Å². The van der Waals surface area contributed by atoms with Crippen molar-refractivity contribution in [3.8, 4) is 11.5 Å². The van der Waals surface area contributed by atoms with E-state index in [2.05, 4.69) is 5.32 Å². The molecule has 2 aromatic carbocycles. The number of halogens is 2. The molecule has 0 amide bonds. The molecule has 106 valence electrons. The summed E-state index contributed by atoms with van der Waals surface area (Å²) in [6, 6.07) is 10.3. The zero-order valence-electron chi connectivity index (χ0n) is 11.0. The molecule has 0 bridgehead atoms. The first kappa shape index (κ1) is 14.8. The molecule has 0 unspecified atom stereocenters. The van der Waals surface area contributed by atoms with Gasteiger partial charge in [0.15, 0.2) is 0 Å². The van der Waals surface area contributed by atoms with Gasteiger partial charge in [-0.25, -0.2) is 0 Å². The third-order valence-corrected chi connectivity index (χ3v) is 3.22. The van der Waals surface area contributed by atoms with Crippen LogP contribution in [0.1, 0.15) is 12.5 Å². The molecule has 0 saturated carbocycles. The number of aromatic hydroxyl groups is 1. The fourth-order valence-corrected chi connectivity index (χ4v) is 2.17. The summed E-state index contributed by atoms with van der Waals surface area (Å²) in [7, 11) is 0. The third-order valence-electron chi connectivity index (χ3n) is 2.75. The number of phenols is 1. The summed E-state index contributed by atoms with van der Waals surface area (Å²) in [6.07, 6.45) is 0. The van der Waals surface area contributed by atoms with E-state index in [1.165, 1.54) is 0 Å². The van der Waals surface area contributed by atoms with E-state index in [4.69, 9.17) is 27.9 Å². The Morgan fingerprint density at radius 2 is 1.80 bits per heavy atom. The summed E-state index contributed by atoms with van der Waals surface area (Å²) in [5, 5.41) is 14.2. The van der Waals surface area contributed by atoms with E-state index in [1.54, 1.807) is 30.3 Å². The molecule has 0 aliphatic carbocycles. The predicted octanol–water partition coefficient (Wildman–Crippen LogP) is 4.71. The summed E-state index contributed by atoms with van der Waals surface area (Å²) in [5.41, 5.74) is 1.48. The van der Waals surface area contributed by atoms with Gasteiger partial charge in [-0.2, -0.15) is 0 Å². The molecule has 0 radical (unpaired) electrons. The molecular weight excluding hydrogens is 297 g/mol. The molecule has 0 atom stereocenters. The van der Waals surface area contributed by atoms with Crippen LogP contribution in [0, 0.1) is 0 Å². The van der Waals surface area contributed by atoms with Gasteiger partial charge in [0.2, 0.25) is 0 Å². The van der Waals surface area contributed by atoms with Crippen molar-refractivity contribution in [1.29, 1.82) is 0 Å². The van der Waals surface area contributed by atoms with Crippen molar-refractivity contribution in [2.45, 2.75) is 13.5 Å². The molecule has 0 aliphatic heterocycles. The monoisotopic (exact) mass is 311 g/mol. The second-order valence-corrected chi connectivity index (χ2v) is 5.07. The van der Waals surface area contributed by atoms with E-state index in [-0.39, 0.29) is 5.75 Å². The number of nitrogens with one attached hydrogen (secondary N) is 1. The summed E-state index contributed by atoms with van der Waals surface area (Å²) in [4.78, 5) is 0. The zero-order chi connectivity index (χ0) is 14.5. The van der Waals surface area contributed by atoms with Crippen molar-refractivity contribution in [3.05, 3.63) is 52.0 Å². The van der Waals surface area contributed by atoms with Gasteiger partial charge in [0.05, 0.1) is 12.3 Å². The largest absolute Gasteiger partial charge is 0.508 e. The lowest BCUT2D eigenvalue weighted by atomic mass is 10.2. The van der Waals surface area contributed by atoms with Crippen LogP contribution in [0.3, 0.4) is 0 Å². The molecule has 20 heavy (non-hydrogen) atoms. The maximum absolute atomic E-state index is 9.78. The Morgan fingerprint density at radius 3 is 2.55 bits per heavy atom. The van der Waals surface area contributed by atoms with Gasteiger partial charge in [-0.3, -0.25) is 0 Å². The highest BCUT2D eigenvalue weighted by atomic mass is 35.5. The predicted molar refractivity (Wildman–Crippen MR) is 83.1 cm³/mol. The lowest BCUT2D eigenvalue weighted by Crippen LogP contribution is -2.03. The molecule has 3 nitrogen and oxygen atoms in total. The second kappa shape index (κ2) is 6.73. The lowest BCUT2D eigenvalue weighted by molar-refractivity contribution is 0.341. The van der Waals surface area contributed by atoms with Crippen molar-refractivity contribution >= 4 is 28.9 Å². The number of ether oxygens (including phenoxy) is 1. The highest BCUT2D eigenvalue weighted by molar-refractivity contribution is 6.31. The third kappa shape index (κ3) is 3.71. The van der Waals surface area contributed by atoms with Crippen LogP contribution in [0.15, 0.2) is 36.4 Å². The first-order chi connectivity index (χ1) is 9.60. The van der Waals surface area contributed by atoms with E-state index in [1.807, 2.05) is 13.0 Å². The van der Waals surface area contributed by atoms with Crippen LogP contribution in [0.5, 0.6) is 11.5 Å². The normalized spacial score (nSPS) is 10.3. The summed E-state index contributed by atoms with van der Waals surface area (Å²) in [5.74, 6) is 0.917. The molecule has 0 heterocycles. The fourth-order valence-electron chi connectivity index (χ4n) is 1.81. The van der Waals surface area contributed by atoms with Crippen LogP contribution in [0.4, 0.5) is 5.69 Å². The van der Waals surface area contributed by atoms with E-state index in [0.29, 0.717) is 28.8 Å². The Bertz CT molecular complexity index is 602. The SMILES string of the molecule is CCOc1ccc(Cl)cc1NCc1cc(Cl)ccc1O. The van der Waals surface area contributed by atoms with Crippen LogP contribution in [-0.4, -0.2) is 11.7 Å². The van der Waals surface area contributed by atoms with Crippen molar-refractivity contribution in [2.24, 2.45) is 0 Å². The lowest BCUT2D eigenvalue weighted by Gasteiger charge is -2.13. The Balaban J connectivity index is 2.17. The van der Waals surface area contributed by atoms with E-state index < -0.39 is 0 Å². The van der Waals surface area contributed by atoms with Crippen molar-refractivity contribution in [2.75, 3.05) is 11.9 Å². The van der Waals surface area contributed by atoms with E-state index in [0.717, 1.165) is 11.4 Å². The molecule has 0 fully saturated rings. The first-order valence-electron chi connectivity index (χ1n) is 6.23. The summed E-state index contributed by atoms with van der Waals surface area (Å²) in [6.45, 7) is 2.91. The number of hydrogen-bond acceptors (Lipinski definition) is 3. The number of anilines is 1. The maximum atomic E-state index is 9.78. The number of rotatable bonds is 5. The van der Waals surface area contributed by atoms with Gasteiger partial charge >= 0.3 is 0 Å². The van der Waals surface area contributed by atoms with Crippen LogP contribution < -0.4 is 10.1 Å². The topological polar surface area (TPSA) is 41.5 Å². The molecule has 0 aliphatic rings. The quantitative estimate of drug-likeness (QED) is 0.840. The smallest absolute Gasteiger partial charge is 0.142 e. The Morgan fingerprint density at radius 1 is 1.10 bits per heavy atom. The average molecular weight is 312 g/mol. The minimum atomic E-state index is 0.196. The highest BCUT2D eigenvalue weighted by Crippen LogP contribution is 2.29. The van der Waals surface area contributed by atoms with Gasteiger partial charge < -0.3 is 15.2 Å². The molecule has 2 rings (SSSR count). The fraction of sp³-hybridized carbons (Fsp3) is 0.200. The zero-order valence-corrected chi connectivity index (χ0v) is 12.5. The van der Waals surface area contributed by atoms with Gasteiger partial charge in [-0.1, -0.05) is 23.2 Å². The van der Waals surface area contributed by atoms with Gasteiger partial charge in [0.1, 0.15) is 11.5 Å². The average Bonchev–Trinajstić information content (AvgIpc) is 2.42. The molecular formula is C15H15Cl2NO2. The molecule has 2 N–H and O–H groups in total. The molecule has 5 heteroatoms. The van der Waals surface area contributed by atoms with Crippen LogP contribution in [-0.2, 0) is 6.54 Å². The molecule has 2 aromatic rings. The van der Waals surface area contributed by atoms with Crippen LogP contribution >= 0.6 is 23.2 Å². The van der Waals surface area contributed by atoms with Gasteiger partial charge in [0.25, 0.3) is 0 Å². The molecule has 0 aromatic heterocycles. The second-order valence-electron chi connectivity index (χ2n) is 4.20. The minimum absolute atomic E-state index is 0.196. The van der Waals surface area contributed by atoms with Crippen LogP contribution in [0.2, 0.25) is 10.0 Å². The highest BCUT2D eigenvalue weighted by Gasteiger charge is 2.07. The van der Waals surface area contributed by atoms with Gasteiger partial charge in [-0.05, 0) is 43.3 Å². The first-order valence-corrected chi connectivity index (χ1v) is 6.99. The van der Waals surface area contributed by atoms with E-state index in [9.17, 15) is 5.11 Å². The number of benzene rings is 2. The number of hydrogen-bond donors (Lipinski definition) is 2. The minimum Gasteiger partial charge on any atom is -0.508 e. The Labute approximate surface area is 128 Å². The number of phenolic OH excluding ortho intramolecular Hbond substituents is 1. The maximum Gasteiger partial charge on any atom is 0.142 e.